The van der Waals surface area contributed by atoms with E-state index in [2.05, 4.69) is 66.0 Å². The Balaban J connectivity index is 1.70. The molecule has 0 saturated carbocycles. The molecular formula is C20H30N4OS. The molecule has 0 spiro atoms. The lowest BCUT2D eigenvalue weighted by Gasteiger charge is -2.12. The van der Waals surface area contributed by atoms with E-state index in [9.17, 15) is 0 Å². The Morgan fingerprint density at radius 2 is 1.92 bits per heavy atom. The van der Waals surface area contributed by atoms with E-state index in [1.54, 1.807) is 18.4 Å². The maximum Gasteiger partial charge on any atom is 0.190 e. The molecule has 0 aliphatic rings. The highest BCUT2D eigenvalue weighted by Crippen LogP contribution is 2.24. The lowest BCUT2D eigenvalue weighted by atomic mass is 10.2. The summed E-state index contributed by atoms with van der Waals surface area (Å²) in [5.74, 6) is 0.823. The predicted octanol–water partition coefficient (Wildman–Crippen LogP) is 3.64. The van der Waals surface area contributed by atoms with E-state index in [0.717, 1.165) is 49.2 Å². The van der Waals surface area contributed by atoms with Crippen LogP contribution >= 0.6 is 11.3 Å². The third-order valence-electron chi connectivity index (χ3n) is 3.81. The molecule has 2 rings (SSSR count). The van der Waals surface area contributed by atoms with Crippen molar-refractivity contribution < 1.29 is 4.74 Å². The van der Waals surface area contributed by atoms with Crippen molar-refractivity contribution in [3.05, 3.63) is 40.9 Å². The zero-order valence-corrected chi connectivity index (χ0v) is 17.0. The normalized spacial score (nSPS) is 11.8. The molecule has 0 saturated heterocycles. The van der Waals surface area contributed by atoms with Gasteiger partial charge in [-0.25, -0.2) is 4.98 Å². The maximum absolute atomic E-state index is 5.53. The molecule has 0 aliphatic heterocycles. The van der Waals surface area contributed by atoms with Crippen LogP contribution in [0.2, 0.25) is 0 Å². The Kier molecular flexibility index (Phi) is 8.58. The Morgan fingerprint density at radius 3 is 2.62 bits per heavy atom. The fourth-order valence-corrected chi connectivity index (χ4v) is 3.24. The van der Waals surface area contributed by atoms with Crippen LogP contribution in [0.5, 0.6) is 0 Å². The van der Waals surface area contributed by atoms with Crippen molar-refractivity contribution in [2.24, 2.45) is 4.99 Å². The topological polar surface area (TPSA) is 58.5 Å². The summed E-state index contributed by atoms with van der Waals surface area (Å²) in [4.78, 5) is 8.99. The fourth-order valence-electron chi connectivity index (χ4n) is 2.38. The Bertz CT molecular complexity index is 679. The van der Waals surface area contributed by atoms with Gasteiger partial charge in [-0.2, -0.15) is 0 Å². The summed E-state index contributed by atoms with van der Waals surface area (Å²) in [5.41, 5.74) is 3.56. The summed E-state index contributed by atoms with van der Waals surface area (Å²) in [6, 6.07) is 8.51. The molecule has 1 aromatic heterocycles. The average Bonchev–Trinajstić information content (AvgIpc) is 3.09. The quantitative estimate of drug-likeness (QED) is 0.400. The van der Waals surface area contributed by atoms with Crippen LogP contribution in [0.3, 0.4) is 0 Å². The number of ether oxygens (including phenoxy) is 1. The van der Waals surface area contributed by atoms with Crippen molar-refractivity contribution in [2.75, 3.05) is 26.7 Å². The van der Waals surface area contributed by atoms with E-state index in [1.807, 2.05) is 0 Å². The van der Waals surface area contributed by atoms with Gasteiger partial charge in [0.25, 0.3) is 0 Å². The van der Waals surface area contributed by atoms with Gasteiger partial charge in [-0.15, -0.1) is 11.3 Å². The van der Waals surface area contributed by atoms with Gasteiger partial charge in [0.2, 0.25) is 0 Å². The zero-order valence-electron chi connectivity index (χ0n) is 16.2. The van der Waals surface area contributed by atoms with Gasteiger partial charge >= 0.3 is 0 Å². The second-order valence-corrected chi connectivity index (χ2v) is 7.32. The lowest BCUT2D eigenvalue weighted by molar-refractivity contribution is 0.0776. The minimum absolute atomic E-state index is 0.287. The van der Waals surface area contributed by atoms with Crippen molar-refractivity contribution in [2.45, 2.75) is 39.7 Å². The number of hydrogen-bond acceptors (Lipinski definition) is 4. The van der Waals surface area contributed by atoms with Crippen LogP contribution in [0.4, 0.5) is 0 Å². The summed E-state index contributed by atoms with van der Waals surface area (Å²) in [7, 11) is 1.79. The van der Waals surface area contributed by atoms with Crippen molar-refractivity contribution in [3.63, 3.8) is 0 Å². The third kappa shape index (κ3) is 7.14. The molecule has 0 fully saturated rings. The van der Waals surface area contributed by atoms with Gasteiger partial charge in [-0.1, -0.05) is 29.8 Å². The van der Waals surface area contributed by atoms with Crippen LogP contribution in [-0.2, 0) is 11.2 Å². The number of nitrogens with one attached hydrogen (secondary N) is 2. The number of nitrogens with zero attached hydrogens (tertiary/aromatic N) is 2. The first-order valence-electron chi connectivity index (χ1n) is 9.16. The summed E-state index contributed by atoms with van der Waals surface area (Å²) in [6.07, 6.45) is 2.13. The number of aromatic nitrogens is 1. The number of guanidine groups is 1. The van der Waals surface area contributed by atoms with Crippen LogP contribution in [0.25, 0.3) is 10.6 Å². The lowest BCUT2D eigenvalue weighted by Crippen LogP contribution is -2.39. The van der Waals surface area contributed by atoms with Gasteiger partial charge in [-0.3, -0.25) is 4.99 Å². The summed E-state index contributed by atoms with van der Waals surface area (Å²) in [5, 5.41) is 9.86. The standard InChI is InChI=1S/C20H30N4OS/c1-15(2)25-13-5-11-22-20(21-4)23-12-10-18-14-26-19(24-18)17-8-6-16(3)7-9-17/h6-9,14-15H,5,10-13H2,1-4H3,(H2,21,22,23). The molecular weight excluding hydrogens is 344 g/mol. The highest BCUT2D eigenvalue weighted by atomic mass is 32.1. The van der Waals surface area contributed by atoms with Gasteiger partial charge in [-0.05, 0) is 27.2 Å². The number of thiazole rings is 1. The highest BCUT2D eigenvalue weighted by molar-refractivity contribution is 7.13. The van der Waals surface area contributed by atoms with E-state index in [1.165, 1.54) is 11.1 Å². The van der Waals surface area contributed by atoms with E-state index in [-0.39, 0.29) is 6.10 Å². The van der Waals surface area contributed by atoms with Crippen LogP contribution in [0.15, 0.2) is 34.6 Å². The van der Waals surface area contributed by atoms with Crippen molar-refractivity contribution >= 4 is 17.3 Å². The Hall–Kier alpha value is -1.92. The fraction of sp³-hybridized carbons (Fsp3) is 0.500. The molecule has 0 aliphatic carbocycles. The van der Waals surface area contributed by atoms with Gasteiger partial charge in [0.05, 0.1) is 11.8 Å². The SMILES string of the molecule is CN=C(NCCCOC(C)C)NCCc1csc(-c2ccc(C)cc2)n1. The molecule has 142 valence electrons. The minimum atomic E-state index is 0.287. The molecule has 2 aromatic rings. The molecule has 0 atom stereocenters. The molecule has 1 aromatic carbocycles. The molecule has 5 nitrogen and oxygen atoms in total. The third-order valence-corrected chi connectivity index (χ3v) is 4.75. The van der Waals surface area contributed by atoms with Crippen LogP contribution in [-0.4, -0.2) is 43.8 Å². The molecule has 2 N–H and O–H groups in total. The van der Waals surface area contributed by atoms with Gasteiger partial charge < -0.3 is 15.4 Å². The van der Waals surface area contributed by atoms with Crippen LogP contribution in [0, 0.1) is 6.92 Å². The highest BCUT2D eigenvalue weighted by Gasteiger charge is 2.05. The van der Waals surface area contributed by atoms with Crippen molar-refractivity contribution in [1.82, 2.24) is 15.6 Å². The number of hydrogen-bond donors (Lipinski definition) is 2. The minimum Gasteiger partial charge on any atom is -0.379 e. The predicted molar refractivity (Wildman–Crippen MR) is 111 cm³/mol. The van der Waals surface area contributed by atoms with Crippen molar-refractivity contribution in [1.29, 1.82) is 0 Å². The molecule has 0 radical (unpaired) electrons. The van der Waals surface area contributed by atoms with E-state index >= 15 is 0 Å². The molecule has 26 heavy (non-hydrogen) atoms. The molecule has 0 bridgehead atoms. The molecule has 6 heteroatoms. The Labute approximate surface area is 160 Å². The number of aliphatic imine (C=N–C) groups is 1. The van der Waals surface area contributed by atoms with Crippen LogP contribution < -0.4 is 10.6 Å². The van der Waals surface area contributed by atoms with Gasteiger partial charge in [0.15, 0.2) is 5.96 Å². The van der Waals surface area contributed by atoms with E-state index < -0.39 is 0 Å². The molecule has 0 unspecified atom stereocenters. The van der Waals surface area contributed by atoms with Crippen LogP contribution in [0.1, 0.15) is 31.5 Å². The number of aryl methyl sites for hydroxylation is 1. The summed E-state index contributed by atoms with van der Waals surface area (Å²) in [6.45, 7) is 8.62. The maximum atomic E-state index is 5.53. The second-order valence-electron chi connectivity index (χ2n) is 6.46. The first kappa shape index (κ1) is 20.4. The number of benzene rings is 1. The second kappa shape index (κ2) is 10.9. The van der Waals surface area contributed by atoms with Gasteiger partial charge in [0, 0.05) is 44.1 Å². The smallest absolute Gasteiger partial charge is 0.190 e. The number of rotatable bonds is 9. The first-order chi connectivity index (χ1) is 12.6. The van der Waals surface area contributed by atoms with E-state index in [0.29, 0.717) is 0 Å². The molecule has 1 heterocycles. The van der Waals surface area contributed by atoms with E-state index in [4.69, 9.17) is 9.72 Å². The van der Waals surface area contributed by atoms with Gasteiger partial charge in [0.1, 0.15) is 5.01 Å². The zero-order chi connectivity index (χ0) is 18.8. The summed E-state index contributed by atoms with van der Waals surface area (Å²) < 4.78 is 5.53. The molecule has 0 amide bonds. The Morgan fingerprint density at radius 1 is 1.19 bits per heavy atom. The summed E-state index contributed by atoms with van der Waals surface area (Å²) >= 11 is 1.70. The van der Waals surface area contributed by atoms with Crippen molar-refractivity contribution in [3.8, 4) is 10.6 Å². The monoisotopic (exact) mass is 374 g/mol. The average molecular weight is 375 g/mol. The largest absolute Gasteiger partial charge is 0.379 e. The first-order valence-corrected chi connectivity index (χ1v) is 10.0.